The van der Waals surface area contributed by atoms with E-state index < -0.39 is 17.5 Å². The summed E-state index contributed by atoms with van der Waals surface area (Å²) >= 11 is 12.7. The van der Waals surface area contributed by atoms with Crippen molar-refractivity contribution in [2.75, 3.05) is 31.1 Å². The molecule has 0 saturated heterocycles. The maximum absolute atomic E-state index is 13.5. The van der Waals surface area contributed by atoms with Crippen molar-refractivity contribution >= 4 is 53.2 Å². The quantitative estimate of drug-likeness (QED) is 0.634. The minimum absolute atomic E-state index is 0. The van der Waals surface area contributed by atoms with Crippen LogP contribution in [-0.2, 0) is 10.4 Å². The lowest BCUT2D eigenvalue weighted by Crippen LogP contribution is -2.44. The highest BCUT2D eigenvalue weighted by molar-refractivity contribution is 6.35. The van der Waals surface area contributed by atoms with Crippen LogP contribution in [0.3, 0.4) is 0 Å². The molecule has 3 rings (SSSR count). The zero-order chi connectivity index (χ0) is 21.3. The molecule has 2 aromatic rings. The number of anilines is 1. The number of fused-ring (bicyclic) bond motifs is 1. The average Bonchev–Trinajstić information content (AvgIpc) is 2.91. The molecule has 0 radical (unpaired) electrons. The van der Waals surface area contributed by atoms with Crippen LogP contribution in [0.2, 0.25) is 10.0 Å². The maximum Gasteiger partial charge on any atom is 0.335 e. The number of hydrogen-bond acceptors (Lipinski definition) is 4. The molecule has 6 nitrogen and oxygen atoms in total. The van der Waals surface area contributed by atoms with Crippen LogP contribution in [0.1, 0.15) is 35.3 Å². The smallest absolute Gasteiger partial charge is 0.335 e. The van der Waals surface area contributed by atoms with E-state index in [4.69, 9.17) is 23.2 Å². The summed E-state index contributed by atoms with van der Waals surface area (Å²) in [4.78, 5) is 28.5. The van der Waals surface area contributed by atoms with Crippen LogP contribution < -0.4 is 4.90 Å². The van der Waals surface area contributed by atoms with Crippen LogP contribution in [0.15, 0.2) is 36.4 Å². The Morgan fingerprint density at radius 1 is 1.13 bits per heavy atom. The molecule has 1 unspecified atom stereocenters. The zero-order valence-electron chi connectivity index (χ0n) is 16.6. The van der Waals surface area contributed by atoms with Crippen molar-refractivity contribution < 1.29 is 19.8 Å². The molecule has 1 aliphatic heterocycles. The highest BCUT2D eigenvalue weighted by Crippen LogP contribution is 2.49. The predicted molar refractivity (Wildman–Crippen MR) is 120 cm³/mol. The number of benzene rings is 2. The fraction of sp³-hybridized carbons (Fsp3) is 0.333. The first-order valence-corrected chi connectivity index (χ1v) is 10.1. The molecule has 0 saturated carbocycles. The van der Waals surface area contributed by atoms with Gasteiger partial charge in [0.15, 0.2) is 5.60 Å². The number of nitrogens with zero attached hydrogens (tertiary/aromatic N) is 2. The van der Waals surface area contributed by atoms with E-state index >= 15 is 0 Å². The van der Waals surface area contributed by atoms with Gasteiger partial charge in [-0.15, -0.1) is 12.4 Å². The SMILES string of the molecule is CCN(CC)CCN1C(=O)C(O)(c2ccccc2Cl)c2c(Cl)cc(C(=O)O)cc21.Cl. The highest BCUT2D eigenvalue weighted by Gasteiger charge is 2.53. The molecule has 162 valence electrons. The van der Waals surface area contributed by atoms with Gasteiger partial charge in [-0.2, -0.15) is 0 Å². The van der Waals surface area contributed by atoms with Crippen LogP contribution in [0.25, 0.3) is 0 Å². The summed E-state index contributed by atoms with van der Waals surface area (Å²) in [7, 11) is 0. The molecular formula is C21H23Cl3N2O4. The van der Waals surface area contributed by atoms with Gasteiger partial charge in [0.05, 0.1) is 16.3 Å². The molecule has 1 aliphatic rings. The van der Waals surface area contributed by atoms with Gasteiger partial charge in [0.2, 0.25) is 0 Å². The molecule has 0 bridgehead atoms. The number of rotatable bonds is 7. The third-order valence-corrected chi connectivity index (χ3v) is 5.95. The second-order valence-electron chi connectivity index (χ2n) is 6.83. The first-order valence-electron chi connectivity index (χ1n) is 9.34. The van der Waals surface area contributed by atoms with Crippen molar-refractivity contribution in [2.45, 2.75) is 19.4 Å². The van der Waals surface area contributed by atoms with Crippen LogP contribution in [-0.4, -0.2) is 53.2 Å². The molecule has 1 atom stereocenters. The number of aromatic carboxylic acids is 1. The summed E-state index contributed by atoms with van der Waals surface area (Å²) in [5.41, 5.74) is -1.50. The molecule has 2 aromatic carbocycles. The third kappa shape index (κ3) is 4.03. The molecule has 0 aliphatic carbocycles. The van der Waals surface area contributed by atoms with E-state index in [2.05, 4.69) is 4.90 Å². The van der Waals surface area contributed by atoms with Gasteiger partial charge >= 0.3 is 5.97 Å². The molecule has 30 heavy (non-hydrogen) atoms. The first kappa shape index (κ1) is 24.4. The Labute approximate surface area is 191 Å². The minimum atomic E-state index is -2.09. The number of halogens is 3. The Kier molecular flexibility index (Phi) is 7.77. The van der Waals surface area contributed by atoms with Crippen LogP contribution in [0.4, 0.5) is 5.69 Å². The Hall–Kier alpha value is -1.83. The topological polar surface area (TPSA) is 81.1 Å². The van der Waals surface area contributed by atoms with E-state index in [0.717, 1.165) is 13.1 Å². The van der Waals surface area contributed by atoms with E-state index in [1.54, 1.807) is 24.3 Å². The number of amides is 1. The van der Waals surface area contributed by atoms with E-state index in [0.29, 0.717) is 6.54 Å². The van der Waals surface area contributed by atoms with E-state index in [1.807, 2.05) is 13.8 Å². The van der Waals surface area contributed by atoms with Gasteiger partial charge in [0, 0.05) is 29.2 Å². The molecule has 2 N–H and O–H groups in total. The van der Waals surface area contributed by atoms with Gasteiger partial charge < -0.3 is 20.0 Å². The number of hydrogen-bond donors (Lipinski definition) is 2. The zero-order valence-corrected chi connectivity index (χ0v) is 18.9. The number of carboxylic acids is 1. The lowest BCUT2D eigenvalue weighted by atomic mass is 9.87. The fourth-order valence-electron chi connectivity index (χ4n) is 3.71. The van der Waals surface area contributed by atoms with Gasteiger partial charge in [-0.25, -0.2) is 4.79 Å². The molecule has 9 heteroatoms. The van der Waals surface area contributed by atoms with Gasteiger partial charge in [-0.05, 0) is 31.3 Å². The van der Waals surface area contributed by atoms with Crippen molar-refractivity contribution in [2.24, 2.45) is 0 Å². The molecule has 0 aromatic heterocycles. The molecule has 1 amide bonds. The van der Waals surface area contributed by atoms with E-state index in [-0.39, 0.29) is 51.4 Å². The summed E-state index contributed by atoms with van der Waals surface area (Å²) in [6, 6.07) is 9.14. The van der Waals surface area contributed by atoms with Crippen LogP contribution in [0, 0.1) is 0 Å². The summed E-state index contributed by atoms with van der Waals surface area (Å²) in [5.74, 6) is -1.77. The van der Waals surface area contributed by atoms with E-state index in [9.17, 15) is 19.8 Å². The number of carbonyl (C=O) groups excluding carboxylic acids is 1. The summed E-state index contributed by atoms with van der Waals surface area (Å²) in [6.45, 7) is 6.48. The Bertz CT molecular complexity index is 965. The van der Waals surface area contributed by atoms with Gasteiger partial charge in [-0.3, -0.25) is 4.79 Å². The summed E-state index contributed by atoms with van der Waals surface area (Å²) < 4.78 is 0. The van der Waals surface area contributed by atoms with Gasteiger partial charge in [-0.1, -0.05) is 55.2 Å². The lowest BCUT2D eigenvalue weighted by Gasteiger charge is -2.26. The second kappa shape index (κ2) is 9.54. The van der Waals surface area contributed by atoms with Gasteiger partial charge in [0.1, 0.15) is 0 Å². The minimum Gasteiger partial charge on any atom is -0.478 e. The Balaban J connectivity index is 0.00000320. The van der Waals surface area contributed by atoms with Gasteiger partial charge in [0.25, 0.3) is 5.91 Å². The van der Waals surface area contributed by atoms with Crippen molar-refractivity contribution in [3.63, 3.8) is 0 Å². The van der Waals surface area contributed by atoms with Crippen LogP contribution in [0.5, 0.6) is 0 Å². The van der Waals surface area contributed by atoms with Crippen molar-refractivity contribution in [1.29, 1.82) is 0 Å². The summed E-state index contributed by atoms with van der Waals surface area (Å²) in [6.07, 6.45) is 0. The average molecular weight is 474 g/mol. The first-order chi connectivity index (χ1) is 13.7. The standard InChI is InChI=1S/C21H22Cl2N2O4.ClH/c1-3-24(4-2)9-10-25-17-12-13(19(26)27)11-16(23)18(17)21(29,20(25)28)14-7-5-6-8-15(14)22;/h5-8,11-12,29H,3-4,9-10H2,1-2H3,(H,26,27);1H. The van der Waals surface area contributed by atoms with Crippen molar-refractivity contribution in [3.8, 4) is 0 Å². The second-order valence-corrected chi connectivity index (χ2v) is 7.65. The fourth-order valence-corrected chi connectivity index (χ4v) is 4.33. The predicted octanol–water partition coefficient (Wildman–Crippen LogP) is 4.04. The number of carbonyl (C=O) groups is 2. The molecule has 1 heterocycles. The number of likely N-dealkylation sites (N-methyl/N-ethyl adjacent to an activating group) is 1. The van der Waals surface area contributed by atoms with Crippen molar-refractivity contribution in [1.82, 2.24) is 4.90 Å². The monoisotopic (exact) mass is 472 g/mol. The number of aliphatic hydroxyl groups is 1. The molecule has 0 spiro atoms. The lowest BCUT2D eigenvalue weighted by molar-refractivity contribution is -0.132. The third-order valence-electron chi connectivity index (χ3n) is 5.32. The molecular weight excluding hydrogens is 451 g/mol. The molecule has 0 fully saturated rings. The Morgan fingerprint density at radius 3 is 2.33 bits per heavy atom. The Morgan fingerprint density at radius 2 is 1.77 bits per heavy atom. The highest BCUT2D eigenvalue weighted by atomic mass is 35.5. The largest absolute Gasteiger partial charge is 0.478 e. The normalized spacial score (nSPS) is 17.8. The van der Waals surface area contributed by atoms with Crippen molar-refractivity contribution in [3.05, 3.63) is 63.1 Å². The maximum atomic E-state index is 13.5. The summed E-state index contributed by atoms with van der Waals surface area (Å²) in [5, 5.41) is 21.2. The van der Waals surface area contributed by atoms with Crippen LogP contribution >= 0.6 is 35.6 Å². The number of carboxylic acid groups (broad SMARTS) is 1. The van der Waals surface area contributed by atoms with E-state index in [1.165, 1.54) is 17.0 Å².